The number of piperidine rings is 1. The summed E-state index contributed by atoms with van der Waals surface area (Å²) in [4.78, 5) is 41.3. The van der Waals surface area contributed by atoms with Gasteiger partial charge in [-0.3, -0.25) is 19.1 Å². The molecule has 0 radical (unpaired) electrons. The monoisotopic (exact) mass is 401 g/mol. The van der Waals surface area contributed by atoms with E-state index in [4.69, 9.17) is 0 Å². The van der Waals surface area contributed by atoms with Gasteiger partial charge in [-0.15, -0.1) is 6.58 Å². The van der Waals surface area contributed by atoms with Crippen LogP contribution in [0.4, 0.5) is 0 Å². The molecule has 8 nitrogen and oxygen atoms in total. The first-order valence-electron chi connectivity index (χ1n) is 10.3. The molecule has 1 N–H and O–H groups in total. The molecule has 29 heavy (non-hydrogen) atoms. The summed E-state index contributed by atoms with van der Waals surface area (Å²) in [5.41, 5.74) is 2.33. The molecule has 8 heteroatoms. The Morgan fingerprint density at radius 1 is 1.21 bits per heavy atom. The number of likely N-dealkylation sites (tertiary alicyclic amines) is 1. The third-order valence-electron chi connectivity index (χ3n) is 5.82. The van der Waals surface area contributed by atoms with Crippen molar-refractivity contribution in [2.75, 3.05) is 26.2 Å². The molecule has 1 aromatic heterocycles. The highest BCUT2D eigenvalue weighted by Gasteiger charge is 2.34. The topological polar surface area (TPSA) is 87.5 Å². The number of carbonyl (C=O) groups is 3. The van der Waals surface area contributed by atoms with Crippen molar-refractivity contribution in [3.8, 4) is 0 Å². The molecular weight excluding hydrogens is 370 g/mol. The van der Waals surface area contributed by atoms with Gasteiger partial charge in [0.1, 0.15) is 0 Å². The fourth-order valence-corrected chi connectivity index (χ4v) is 4.13. The van der Waals surface area contributed by atoms with Crippen LogP contribution >= 0.6 is 0 Å². The maximum Gasteiger partial charge on any atom is 0.274 e. The summed E-state index contributed by atoms with van der Waals surface area (Å²) >= 11 is 0. The Kier molecular flexibility index (Phi) is 6.39. The highest BCUT2D eigenvalue weighted by molar-refractivity contribution is 5.94. The number of aryl methyl sites for hydroxylation is 1. The minimum absolute atomic E-state index is 0.0232. The SMILES string of the molecule is C=CCNC(=O)C1CCN(C(=O)c2nn(C)c3c2CN(C(=O)C(C)C)CC3)CC1. The van der Waals surface area contributed by atoms with E-state index >= 15 is 0 Å². The van der Waals surface area contributed by atoms with Crippen LogP contribution < -0.4 is 5.32 Å². The van der Waals surface area contributed by atoms with Gasteiger partial charge >= 0.3 is 0 Å². The number of nitrogens with one attached hydrogen (secondary N) is 1. The van der Waals surface area contributed by atoms with Gasteiger partial charge in [0.2, 0.25) is 11.8 Å². The summed E-state index contributed by atoms with van der Waals surface area (Å²) in [7, 11) is 1.85. The van der Waals surface area contributed by atoms with Crippen molar-refractivity contribution in [3.63, 3.8) is 0 Å². The second kappa shape index (κ2) is 8.80. The number of hydrogen-bond donors (Lipinski definition) is 1. The normalized spacial score (nSPS) is 17.2. The molecule has 1 saturated heterocycles. The molecule has 3 rings (SSSR count). The third kappa shape index (κ3) is 4.36. The molecule has 0 atom stereocenters. The van der Waals surface area contributed by atoms with Gasteiger partial charge in [-0.1, -0.05) is 19.9 Å². The van der Waals surface area contributed by atoms with Crippen molar-refractivity contribution < 1.29 is 14.4 Å². The summed E-state index contributed by atoms with van der Waals surface area (Å²) in [6, 6.07) is 0. The summed E-state index contributed by atoms with van der Waals surface area (Å²) in [5.74, 6) is -0.126. The quantitative estimate of drug-likeness (QED) is 0.749. The molecule has 2 aliphatic rings. The summed E-state index contributed by atoms with van der Waals surface area (Å²) in [6.45, 7) is 10.0. The van der Waals surface area contributed by atoms with E-state index in [1.165, 1.54) is 0 Å². The van der Waals surface area contributed by atoms with Gasteiger partial charge in [0.15, 0.2) is 5.69 Å². The molecule has 0 aromatic carbocycles. The van der Waals surface area contributed by atoms with Crippen molar-refractivity contribution in [2.24, 2.45) is 18.9 Å². The molecule has 2 aliphatic heterocycles. The second-order valence-corrected chi connectivity index (χ2v) is 8.16. The number of carbonyl (C=O) groups excluding carboxylic acids is 3. The molecule has 3 amide bonds. The molecule has 1 fully saturated rings. The Labute approximate surface area is 171 Å². The van der Waals surface area contributed by atoms with E-state index in [-0.39, 0.29) is 29.6 Å². The van der Waals surface area contributed by atoms with Crippen LogP contribution in [0.15, 0.2) is 12.7 Å². The molecule has 158 valence electrons. The van der Waals surface area contributed by atoms with E-state index in [1.807, 2.05) is 25.8 Å². The van der Waals surface area contributed by atoms with Gasteiger partial charge in [-0.25, -0.2) is 0 Å². The zero-order chi connectivity index (χ0) is 21.1. The zero-order valence-corrected chi connectivity index (χ0v) is 17.6. The lowest BCUT2D eigenvalue weighted by Crippen LogP contribution is -2.44. The number of amides is 3. The molecular formula is C21H31N5O3. The van der Waals surface area contributed by atoms with Crippen LogP contribution in [-0.4, -0.2) is 63.5 Å². The maximum absolute atomic E-state index is 13.2. The van der Waals surface area contributed by atoms with Gasteiger partial charge in [0.25, 0.3) is 5.91 Å². The molecule has 0 unspecified atom stereocenters. The van der Waals surface area contributed by atoms with E-state index in [2.05, 4.69) is 17.0 Å². The van der Waals surface area contributed by atoms with Crippen LogP contribution in [0.3, 0.4) is 0 Å². The van der Waals surface area contributed by atoms with Crippen LogP contribution in [0.25, 0.3) is 0 Å². The molecule has 3 heterocycles. The number of nitrogens with zero attached hydrogens (tertiary/aromatic N) is 4. The summed E-state index contributed by atoms with van der Waals surface area (Å²) < 4.78 is 1.77. The zero-order valence-electron chi connectivity index (χ0n) is 17.6. The van der Waals surface area contributed by atoms with E-state index in [0.717, 1.165) is 11.3 Å². The lowest BCUT2D eigenvalue weighted by molar-refractivity contribution is -0.135. The van der Waals surface area contributed by atoms with Crippen molar-refractivity contribution in [1.82, 2.24) is 24.9 Å². The Morgan fingerprint density at radius 3 is 2.52 bits per heavy atom. The molecule has 0 spiro atoms. The minimum atomic E-state index is -0.106. The van der Waals surface area contributed by atoms with Gasteiger partial charge in [-0.2, -0.15) is 5.10 Å². The minimum Gasteiger partial charge on any atom is -0.352 e. The average molecular weight is 402 g/mol. The standard InChI is InChI=1S/C21H31N5O3/c1-5-9-22-19(27)15-6-10-25(11-7-15)21(29)18-16-13-26(20(28)14(2)3)12-8-17(16)24(4)23-18/h5,14-15H,1,6-13H2,2-4H3,(H,22,27). The molecule has 1 aromatic rings. The molecule has 0 saturated carbocycles. The van der Waals surface area contributed by atoms with Gasteiger partial charge in [-0.05, 0) is 12.8 Å². The predicted molar refractivity (Wildman–Crippen MR) is 109 cm³/mol. The highest BCUT2D eigenvalue weighted by Crippen LogP contribution is 2.26. The fourth-order valence-electron chi connectivity index (χ4n) is 4.13. The first-order chi connectivity index (χ1) is 13.8. The highest BCUT2D eigenvalue weighted by atomic mass is 16.2. The van der Waals surface area contributed by atoms with Gasteiger partial charge in [0, 0.05) is 69.3 Å². The van der Waals surface area contributed by atoms with Crippen molar-refractivity contribution in [3.05, 3.63) is 29.6 Å². The van der Waals surface area contributed by atoms with Crippen molar-refractivity contribution >= 4 is 17.7 Å². The van der Waals surface area contributed by atoms with Crippen LogP contribution in [0.2, 0.25) is 0 Å². The smallest absolute Gasteiger partial charge is 0.274 e. The van der Waals surface area contributed by atoms with E-state index in [1.54, 1.807) is 15.7 Å². The maximum atomic E-state index is 13.2. The molecule has 0 aliphatic carbocycles. The molecule has 0 bridgehead atoms. The lowest BCUT2D eigenvalue weighted by atomic mass is 9.95. The Hall–Kier alpha value is -2.64. The third-order valence-corrected chi connectivity index (χ3v) is 5.82. The number of aromatic nitrogens is 2. The van der Waals surface area contributed by atoms with Crippen LogP contribution in [0.1, 0.15) is 48.4 Å². The number of hydrogen-bond acceptors (Lipinski definition) is 4. The van der Waals surface area contributed by atoms with Crippen LogP contribution in [-0.2, 0) is 29.6 Å². The summed E-state index contributed by atoms with van der Waals surface area (Å²) in [6.07, 6.45) is 3.65. The van der Waals surface area contributed by atoms with E-state index < -0.39 is 0 Å². The second-order valence-electron chi connectivity index (χ2n) is 8.16. The average Bonchev–Trinajstić information content (AvgIpc) is 3.06. The van der Waals surface area contributed by atoms with E-state index in [0.29, 0.717) is 57.7 Å². The lowest BCUT2D eigenvalue weighted by Gasteiger charge is -2.32. The van der Waals surface area contributed by atoms with E-state index in [9.17, 15) is 14.4 Å². The Morgan fingerprint density at radius 2 is 1.90 bits per heavy atom. The van der Waals surface area contributed by atoms with Gasteiger partial charge in [0.05, 0.1) is 0 Å². The Bertz CT molecular complexity index is 805. The largest absolute Gasteiger partial charge is 0.352 e. The van der Waals surface area contributed by atoms with Crippen molar-refractivity contribution in [1.29, 1.82) is 0 Å². The summed E-state index contributed by atoms with van der Waals surface area (Å²) in [5, 5.41) is 7.33. The van der Waals surface area contributed by atoms with Crippen LogP contribution in [0.5, 0.6) is 0 Å². The first-order valence-corrected chi connectivity index (χ1v) is 10.3. The fraction of sp³-hybridized carbons (Fsp3) is 0.619. The number of fused-ring (bicyclic) bond motifs is 1. The Balaban J connectivity index is 1.69. The van der Waals surface area contributed by atoms with Crippen LogP contribution in [0, 0.1) is 11.8 Å². The van der Waals surface area contributed by atoms with Crippen molar-refractivity contribution in [2.45, 2.75) is 39.7 Å². The first kappa shape index (κ1) is 21.1. The predicted octanol–water partition coefficient (Wildman–Crippen LogP) is 1.12. The number of rotatable bonds is 5. The van der Waals surface area contributed by atoms with Gasteiger partial charge < -0.3 is 15.1 Å².